The van der Waals surface area contributed by atoms with Gasteiger partial charge in [0, 0.05) is 11.8 Å². The molecular formula is C14H22N2O3S. The zero-order valence-electron chi connectivity index (χ0n) is 11.7. The summed E-state index contributed by atoms with van der Waals surface area (Å²) >= 11 is 1.58. The van der Waals surface area contributed by atoms with Crippen LogP contribution in [0.2, 0.25) is 0 Å². The Morgan fingerprint density at radius 3 is 2.60 bits per heavy atom. The van der Waals surface area contributed by atoms with Crippen LogP contribution in [0.15, 0.2) is 0 Å². The van der Waals surface area contributed by atoms with Gasteiger partial charge < -0.3 is 15.7 Å². The van der Waals surface area contributed by atoms with Crippen LogP contribution in [0.5, 0.6) is 0 Å². The van der Waals surface area contributed by atoms with E-state index in [2.05, 4.69) is 0 Å². The maximum atomic E-state index is 12.9. The Balaban J connectivity index is 1.82. The van der Waals surface area contributed by atoms with Crippen LogP contribution in [-0.2, 0) is 9.59 Å². The smallest absolute Gasteiger partial charge is 0.327 e. The zero-order chi connectivity index (χ0) is 14.4. The van der Waals surface area contributed by atoms with E-state index >= 15 is 0 Å². The van der Waals surface area contributed by atoms with Crippen LogP contribution in [0.25, 0.3) is 0 Å². The van der Waals surface area contributed by atoms with Crippen LogP contribution in [0.1, 0.15) is 32.6 Å². The molecule has 1 amide bonds. The van der Waals surface area contributed by atoms with Gasteiger partial charge in [0.15, 0.2) is 0 Å². The van der Waals surface area contributed by atoms with Crippen molar-refractivity contribution in [3.05, 3.63) is 0 Å². The molecule has 0 spiro atoms. The van der Waals surface area contributed by atoms with Crippen LogP contribution in [0.3, 0.4) is 0 Å². The number of rotatable bonds is 3. The lowest BCUT2D eigenvalue weighted by Crippen LogP contribution is -2.53. The Morgan fingerprint density at radius 1 is 1.35 bits per heavy atom. The second kappa shape index (κ2) is 5.22. The van der Waals surface area contributed by atoms with Gasteiger partial charge in [0.2, 0.25) is 5.91 Å². The van der Waals surface area contributed by atoms with Crippen molar-refractivity contribution in [2.24, 2.45) is 23.5 Å². The van der Waals surface area contributed by atoms with Gasteiger partial charge in [-0.3, -0.25) is 4.79 Å². The summed E-state index contributed by atoms with van der Waals surface area (Å²) in [5.74, 6) is 0.291. The molecule has 0 aromatic carbocycles. The molecule has 6 atom stereocenters. The van der Waals surface area contributed by atoms with Gasteiger partial charge in [-0.2, -0.15) is 0 Å². The fourth-order valence-corrected chi connectivity index (χ4v) is 5.59. The third kappa shape index (κ3) is 2.04. The molecule has 3 rings (SSSR count). The van der Waals surface area contributed by atoms with Crippen molar-refractivity contribution >= 4 is 23.6 Å². The van der Waals surface area contributed by atoms with E-state index in [1.165, 1.54) is 0 Å². The maximum Gasteiger partial charge on any atom is 0.327 e. The van der Waals surface area contributed by atoms with Crippen molar-refractivity contribution in [2.45, 2.75) is 50.1 Å². The first kappa shape index (κ1) is 14.2. The van der Waals surface area contributed by atoms with Gasteiger partial charge in [0.05, 0.1) is 11.3 Å². The van der Waals surface area contributed by atoms with Crippen LogP contribution >= 0.6 is 11.8 Å². The molecule has 2 saturated carbocycles. The molecule has 0 aromatic rings. The SMILES string of the molecule is CCC1SCC(C(=O)O)N1C(=O)C1C2CCC(C2)C1N. The third-order valence-electron chi connectivity index (χ3n) is 5.25. The fraction of sp³-hybridized carbons (Fsp3) is 0.857. The quantitative estimate of drug-likeness (QED) is 0.816. The van der Waals surface area contributed by atoms with Gasteiger partial charge in [0.25, 0.3) is 0 Å². The number of nitrogens with zero attached hydrogens (tertiary/aromatic N) is 1. The largest absolute Gasteiger partial charge is 0.480 e. The molecule has 3 N–H and O–H groups in total. The molecule has 112 valence electrons. The minimum atomic E-state index is -0.890. The van der Waals surface area contributed by atoms with Crippen molar-refractivity contribution in [3.63, 3.8) is 0 Å². The third-order valence-corrected chi connectivity index (χ3v) is 6.70. The number of thioether (sulfide) groups is 1. The van der Waals surface area contributed by atoms with Crippen molar-refractivity contribution in [2.75, 3.05) is 5.75 Å². The van der Waals surface area contributed by atoms with Gasteiger partial charge in [-0.25, -0.2) is 4.79 Å². The number of carbonyl (C=O) groups is 2. The van der Waals surface area contributed by atoms with E-state index in [4.69, 9.17) is 5.73 Å². The number of amides is 1. The lowest BCUT2D eigenvalue weighted by molar-refractivity contribution is -0.152. The van der Waals surface area contributed by atoms with Crippen LogP contribution in [-0.4, -0.2) is 45.1 Å². The maximum absolute atomic E-state index is 12.9. The highest BCUT2D eigenvalue weighted by Gasteiger charge is 2.53. The Morgan fingerprint density at radius 2 is 2.05 bits per heavy atom. The summed E-state index contributed by atoms with van der Waals surface area (Å²) < 4.78 is 0. The molecule has 5 nitrogen and oxygen atoms in total. The standard InChI is InChI=1S/C14H22N2O3S/c1-2-10-16(9(6-20-10)14(18)19)13(17)11-7-3-4-8(5-7)12(11)15/h7-12H,2-6,15H2,1H3,(H,18,19). The minimum Gasteiger partial charge on any atom is -0.480 e. The second-order valence-corrected chi connectivity index (χ2v) is 7.44. The number of carboxylic acids is 1. The summed E-state index contributed by atoms with van der Waals surface area (Å²) in [6.07, 6.45) is 4.04. The van der Waals surface area contributed by atoms with E-state index in [0.717, 1.165) is 25.7 Å². The monoisotopic (exact) mass is 298 g/mol. The average molecular weight is 298 g/mol. The van der Waals surface area contributed by atoms with Crippen LogP contribution in [0, 0.1) is 17.8 Å². The van der Waals surface area contributed by atoms with Crippen molar-refractivity contribution in [3.8, 4) is 0 Å². The number of fused-ring (bicyclic) bond motifs is 2. The first-order valence-corrected chi connectivity index (χ1v) is 8.51. The van der Waals surface area contributed by atoms with Gasteiger partial charge in [-0.15, -0.1) is 11.8 Å². The summed E-state index contributed by atoms with van der Waals surface area (Å²) in [5.41, 5.74) is 6.24. The molecule has 20 heavy (non-hydrogen) atoms. The van der Waals surface area contributed by atoms with E-state index in [9.17, 15) is 14.7 Å². The average Bonchev–Trinajstić information content (AvgIpc) is 3.10. The fourth-order valence-electron chi connectivity index (χ4n) is 4.24. The molecule has 1 aliphatic heterocycles. The molecule has 3 fully saturated rings. The first-order valence-electron chi connectivity index (χ1n) is 7.46. The predicted octanol–water partition coefficient (Wildman–Crippen LogP) is 1.12. The molecule has 0 aromatic heterocycles. The highest BCUT2D eigenvalue weighted by Crippen LogP contribution is 2.49. The number of hydrogen-bond acceptors (Lipinski definition) is 4. The van der Waals surface area contributed by atoms with Crippen LogP contribution in [0.4, 0.5) is 0 Å². The van der Waals surface area contributed by atoms with E-state index in [1.54, 1.807) is 16.7 Å². The molecule has 6 heteroatoms. The molecule has 1 saturated heterocycles. The van der Waals surface area contributed by atoms with Crippen molar-refractivity contribution in [1.29, 1.82) is 0 Å². The second-order valence-electron chi connectivity index (χ2n) is 6.23. The number of hydrogen-bond donors (Lipinski definition) is 2. The van der Waals surface area contributed by atoms with Crippen molar-refractivity contribution < 1.29 is 14.7 Å². The molecule has 6 unspecified atom stereocenters. The highest BCUT2D eigenvalue weighted by atomic mass is 32.2. The van der Waals surface area contributed by atoms with E-state index in [-0.39, 0.29) is 23.2 Å². The lowest BCUT2D eigenvalue weighted by atomic mass is 9.83. The number of aliphatic carboxylic acids is 1. The van der Waals surface area contributed by atoms with E-state index in [0.29, 0.717) is 17.6 Å². The molecule has 3 aliphatic rings. The van der Waals surface area contributed by atoms with Gasteiger partial charge in [0.1, 0.15) is 6.04 Å². The number of carboxylic acid groups (broad SMARTS) is 1. The topological polar surface area (TPSA) is 83.6 Å². The lowest BCUT2D eigenvalue weighted by Gasteiger charge is -2.34. The molecule has 2 aliphatic carbocycles. The minimum absolute atomic E-state index is 0.00470. The predicted molar refractivity (Wildman–Crippen MR) is 77.1 cm³/mol. The highest BCUT2D eigenvalue weighted by molar-refractivity contribution is 8.00. The zero-order valence-corrected chi connectivity index (χ0v) is 12.5. The Labute approximate surface area is 123 Å². The molecular weight excluding hydrogens is 276 g/mol. The molecule has 0 radical (unpaired) electrons. The summed E-state index contributed by atoms with van der Waals surface area (Å²) in [6.45, 7) is 2.00. The van der Waals surface area contributed by atoms with E-state index < -0.39 is 12.0 Å². The Hall–Kier alpha value is -0.750. The summed E-state index contributed by atoms with van der Waals surface area (Å²) in [7, 11) is 0. The summed E-state index contributed by atoms with van der Waals surface area (Å²) in [6, 6.07) is -0.748. The normalized spacial score (nSPS) is 43.2. The Kier molecular flexibility index (Phi) is 3.71. The number of carbonyl (C=O) groups excluding carboxylic acids is 1. The van der Waals surface area contributed by atoms with Crippen LogP contribution < -0.4 is 5.73 Å². The van der Waals surface area contributed by atoms with Gasteiger partial charge in [-0.05, 0) is 37.5 Å². The van der Waals surface area contributed by atoms with Gasteiger partial charge in [-0.1, -0.05) is 6.92 Å². The first-order chi connectivity index (χ1) is 9.54. The summed E-state index contributed by atoms with van der Waals surface area (Å²) in [5, 5.41) is 9.34. The Bertz CT molecular complexity index is 429. The summed E-state index contributed by atoms with van der Waals surface area (Å²) in [4.78, 5) is 25.9. The van der Waals surface area contributed by atoms with E-state index in [1.807, 2.05) is 6.92 Å². The van der Waals surface area contributed by atoms with Gasteiger partial charge >= 0.3 is 5.97 Å². The van der Waals surface area contributed by atoms with Crippen molar-refractivity contribution in [1.82, 2.24) is 4.90 Å². The molecule has 2 bridgehead atoms. The number of nitrogens with two attached hydrogens (primary N) is 1. The molecule has 1 heterocycles.